The van der Waals surface area contributed by atoms with Gasteiger partial charge in [-0.15, -0.1) is 0 Å². The monoisotopic (exact) mass is 241 g/mol. The first kappa shape index (κ1) is 12.9. The van der Waals surface area contributed by atoms with Gasteiger partial charge in [-0.2, -0.15) is 0 Å². The second-order valence-electron chi connectivity index (χ2n) is 4.85. The Kier molecular flexibility index (Phi) is 4.69. The van der Waals surface area contributed by atoms with Crippen molar-refractivity contribution in [1.82, 2.24) is 9.55 Å². The van der Waals surface area contributed by atoms with Crippen LogP contribution in [0.4, 0.5) is 0 Å². The zero-order valence-corrected chi connectivity index (χ0v) is 11.1. The lowest BCUT2D eigenvalue weighted by atomic mass is 10.6. The molecule has 1 rings (SSSR count). The maximum Gasteiger partial charge on any atom is 0.156 e. The zero-order valence-electron chi connectivity index (χ0n) is 10.1. The van der Waals surface area contributed by atoms with Crippen LogP contribution in [0.2, 0.25) is 25.7 Å². The summed E-state index contributed by atoms with van der Waals surface area (Å²) in [5, 5.41) is 11.4. The third-order valence-electron chi connectivity index (χ3n) is 2.15. The largest absolute Gasteiger partial charge is 0.411 e. The number of aromatic nitrogens is 2. The van der Waals surface area contributed by atoms with Crippen molar-refractivity contribution in [3.8, 4) is 0 Å². The maximum atomic E-state index is 8.42. The van der Waals surface area contributed by atoms with Gasteiger partial charge in [-0.1, -0.05) is 24.8 Å². The predicted octanol–water partition coefficient (Wildman–Crippen LogP) is 2.00. The second kappa shape index (κ2) is 5.81. The Labute approximate surface area is 96.8 Å². The summed E-state index contributed by atoms with van der Waals surface area (Å²) in [5.74, 6) is 0.593. The molecule has 0 aliphatic carbocycles. The first-order chi connectivity index (χ1) is 7.53. The molecule has 0 saturated carbocycles. The van der Waals surface area contributed by atoms with Crippen LogP contribution in [0, 0.1) is 0 Å². The maximum absolute atomic E-state index is 8.42. The van der Waals surface area contributed by atoms with Gasteiger partial charge < -0.3 is 14.5 Å². The molecule has 0 unspecified atom stereocenters. The SMILES string of the molecule is C[Si](C)(C)CCOCn1ccnc1C=NO. The number of ether oxygens (including phenoxy) is 1. The van der Waals surface area contributed by atoms with Gasteiger partial charge in [0.1, 0.15) is 12.9 Å². The van der Waals surface area contributed by atoms with Crippen LogP contribution in [0.3, 0.4) is 0 Å². The molecule has 1 N–H and O–H groups in total. The summed E-state index contributed by atoms with van der Waals surface area (Å²) in [6, 6.07) is 1.14. The third-order valence-corrected chi connectivity index (χ3v) is 3.85. The predicted molar refractivity (Wildman–Crippen MR) is 65.7 cm³/mol. The van der Waals surface area contributed by atoms with Crippen LogP contribution >= 0.6 is 0 Å². The molecule has 0 spiro atoms. The van der Waals surface area contributed by atoms with Crippen LogP contribution in [0.25, 0.3) is 0 Å². The Balaban J connectivity index is 2.34. The normalized spacial score (nSPS) is 12.4. The number of imidazole rings is 1. The Morgan fingerprint density at radius 3 is 2.94 bits per heavy atom. The van der Waals surface area contributed by atoms with Gasteiger partial charge >= 0.3 is 0 Å². The average Bonchev–Trinajstić information content (AvgIpc) is 2.60. The minimum Gasteiger partial charge on any atom is -0.411 e. The highest BCUT2D eigenvalue weighted by molar-refractivity contribution is 6.76. The summed E-state index contributed by atoms with van der Waals surface area (Å²) in [6.45, 7) is 8.17. The molecule has 90 valence electrons. The van der Waals surface area contributed by atoms with Crippen LogP contribution in [-0.2, 0) is 11.5 Å². The molecule has 0 aromatic carbocycles. The molecule has 0 aliphatic rings. The van der Waals surface area contributed by atoms with E-state index in [4.69, 9.17) is 9.94 Å². The number of oxime groups is 1. The Bertz CT molecular complexity index is 344. The number of hydrogen-bond donors (Lipinski definition) is 1. The summed E-state index contributed by atoms with van der Waals surface area (Å²) in [6.07, 6.45) is 4.74. The molecule has 1 aromatic heterocycles. The van der Waals surface area contributed by atoms with Gasteiger partial charge in [0, 0.05) is 27.1 Å². The van der Waals surface area contributed by atoms with Crippen molar-refractivity contribution in [3.63, 3.8) is 0 Å². The fourth-order valence-corrected chi connectivity index (χ4v) is 1.91. The molecular weight excluding hydrogens is 222 g/mol. The van der Waals surface area contributed by atoms with E-state index >= 15 is 0 Å². The lowest BCUT2D eigenvalue weighted by molar-refractivity contribution is 0.0868. The van der Waals surface area contributed by atoms with E-state index in [9.17, 15) is 0 Å². The van der Waals surface area contributed by atoms with E-state index in [2.05, 4.69) is 29.8 Å². The average molecular weight is 241 g/mol. The Morgan fingerprint density at radius 2 is 2.31 bits per heavy atom. The van der Waals surface area contributed by atoms with Crippen molar-refractivity contribution in [2.75, 3.05) is 6.61 Å². The van der Waals surface area contributed by atoms with E-state index in [1.54, 1.807) is 17.0 Å². The lowest BCUT2D eigenvalue weighted by Crippen LogP contribution is -2.22. The molecule has 0 atom stereocenters. The summed E-state index contributed by atoms with van der Waals surface area (Å²) in [5.41, 5.74) is 0. The molecule has 0 bridgehead atoms. The summed E-state index contributed by atoms with van der Waals surface area (Å²) in [7, 11) is -1.02. The quantitative estimate of drug-likeness (QED) is 0.272. The highest BCUT2D eigenvalue weighted by Crippen LogP contribution is 2.08. The molecule has 0 fully saturated rings. The van der Waals surface area contributed by atoms with Crippen LogP contribution < -0.4 is 0 Å². The third kappa shape index (κ3) is 4.58. The summed E-state index contributed by atoms with van der Waals surface area (Å²) >= 11 is 0. The number of rotatable bonds is 6. The standard InChI is InChI=1S/C10H19N3O2Si/c1-16(2,3)7-6-15-9-13-5-4-11-10(13)8-12-14/h4-5,8,14H,6-7,9H2,1-3H3. The molecule has 1 heterocycles. The first-order valence-electron chi connectivity index (χ1n) is 5.29. The van der Waals surface area contributed by atoms with Gasteiger partial charge in [0.05, 0.1) is 0 Å². The molecule has 6 heteroatoms. The van der Waals surface area contributed by atoms with Crippen molar-refractivity contribution in [2.45, 2.75) is 32.4 Å². The van der Waals surface area contributed by atoms with Crippen molar-refractivity contribution in [3.05, 3.63) is 18.2 Å². The first-order valence-corrected chi connectivity index (χ1v) is 9.00. The smallest absolute Gasteiger partial charge is 0.156 e. The van der Waals surface area contributed by atoms with Crippen molar-refractivity contribution in [1.29, 1.82) is 0 Å². The van der Waals surface area contributed by atoms with Gasteiger partial charge in [0.2, 0.25) is 0 Å². The molecular formula is C10H19N3O2Si. The van der Waals surface area contributed by atoms with E-state index in [1.807, 2.05) is 0 Å². The summed E-state index contributed by atoms with van der Waals surface area (Å²) < 4.78 is 7.35. The fourth-order valence-electron chi connectivity index (χ4n) is 1.15. The van der Waals surface area contributed by atoms with E-state index in [0.29, 0.717) is 12.6 Å². The van der Waals surface area contributed by atoms with Gasteiger partial charge in [-0.3, -0.25) is 0 Å². The minimum absolute atomic E-state index is 0.450. The Hall–Kier alpha value is -1.14. The van der Waals surface area contributed by atoms with Gasteiger partial charge in [0.15, 0.2) is 5.82 Å². The molecule has 1 aromatic rings. The number of hydrogen-bond acceptors (Lipinski definition) is 4. The molecule has 0 saturated heterocycles. The summed E-state index contributed by atoms with van der Waals surface area (Å²) in [4.78, 5) is 4.02. The van der Waals surface area contributed by atoms with Gasteiger partial charge in [-0.05, 0) is 6.04 Å². The molecule has 0 amide bonds. The molecule has 0 radical (unpaired) electrons. The van der Waals surface area contributed by atoms with Crippen molar-refractivity contribution < 1.29 is 9.94 Å². The topological polar surface area (TPSA) is 59.6 Å². The van der Waals surface area contributed by atoms with Gasteiger partial charge in [-0.25, -0.2) is 4.98 Å². The Morgan fingerprint density at radius 1 is 1.56 bits per heavy atom. The second-order valence-corrected chi connectivity index (χ2v) is 10.5. The van der Waals surface area contributed by atoms with Crippen LogP contribution in [0.5, 0.6) is 0 Å². The van der Waals surface area contributed by atoms with Crippen LogP contribution in [0.1, 0.15) is 5.82 Å². The van der Waals surface area contributed by atoms with Crippen molar-refractivity contribution in [2.24, 2.45) is 5.16 Å². The van der Waals surface area contributed by atoms with E-state index in [0.717, 1.165) is 12.7 Å². The number of nitrogens with zero attached hydrogens (tertiary/aromatic N) is 3. The fraction of sp³-hybridized carbons (Fsp3) is 0.600. The zero-order chi connectivity index (χ0) is 12.0. The highest BCUT2D eigenvalue weighted by atomic mass is 28.3. The molecule has 5 nitrogen and oxygen atoms in total. The van der Waals surface area contributed by atoms with Crippen LogP contribution in [-0.4, -0.2) is 35.7 Å². The minimum atomic E-state index is -1.02. The lowest BCUT2D eigenvalue weighted by Gasteiger charge is -2.15. The van der Waals surface area contributed by atoms with E-state index in [1.165, 1.54) is 6.21 Å². The molecule has 16 heavy (non-hydrogen) atoms. The van der Waals surface area contributed by atoms with Gasteiger partial charge in [0.25, 0.3) is 0 Å². The molecule has 0 aliphatic heterocycles. The van der Waals surface area contributed by atoms with E-state index < -0.39 is 8.07 Å². The highest BCUT2D eigenvalue weighted by Gasteiger charge is 2.12. The van der Waals surface area contributed by atoms with Crippen molar-refractivity contribution >= 4 is 14.3 Å². The van der Waals surface area contributed by atoms with Crippen LogP contribution in [0.15, 0.2) is 17.5 Å². The van der Waals surface area contributed by atoms with E-state index in [-0.39, 0.29) is 0 Å².